The highest BCUT2D eigenvalue weighted by Gasteiger charge is 2.31. The van der Waals surface area contributed by atoms with Gasteiger partial charge in [-0.1, -0.05) is 174 Å². The SMILES string of the molecule is CCCCCCCCCCCCCC/C=C/CCCCCCCCCC(=O)OCC(COCCC(C(=O)O)[N+](C)(C)C)OC(=O)CCCCCCCCCC. The van der Waals surface area contributed by atoms with E-state index in [0.717, 1.165) is 38.5 Å². The number of carboxylic acids is 1. The van der Waals surface area contributed by atoms with Crippen molar-refractivity contribution < 1.29 is 38.2 Å². The number of aliphatic carboxylic acids is 1. The molecule has 8 heteroatoms. The van der Waals surface area contributed by atoms with Crippen LogP contribution in [0, 0.1) is 0 Å². The van der Waals surface area contributed by atoms with E-state index >= 15 is 0 Å². The number of carbonyl (C=O) groups excluding carboxylic acids is 2. The van der Waals surface area contributed by atoms with Crippen LogP contribution in [0.1, 0.15) is 219 Å². The topological polar surface area (TPSA) is 99.1 Å². The fourth-order valence-electron chi connectivity index (χ4n) is 7.03. The third-order valence-electron chi connectivity index (χ3n) is 10.7. The molecule has 0 heterocycles. The average Bonchev–Trinajstić information content (AvgIpc) is 3.14. The number of likely N-dealkylation sites (N-methyl/N-ethyl adjacent to an activating group) is 1. The van der Waals surface area contributed by atoms with Crippen LogP contribution >= 0.6 is 0 Å². The minimum Gasteiger partial charge on any atom is -0.477 e. The number of rotatable bonds is 42. The maximum absolute atomic E-state index is 12.6. The van der Waals surface area contributed by atoms with Crippen molar-refractivity contribution in [1.29, 1.82) is 0 Å². The first-order valence-electron chi connectivity index (χ1n) is 23.2. The maximum atomic E-state index is 12.6. The van der Waals surface area contributed by atoms with Gasteiger partial charge in [0, 0.05) is 19.3 Å². The highest BCUT2D eigenvalue weighted by atomic mass is 16.6. The van der Waals surface area contributed by atoms with E-state index < -0.39 is 18.1 Å². The number of quaternary nitrogens is 1. The maximum Gasteiger partial charge on any atom is 0.362 e. The molecule has 55 heavy (non-hydrogen) atoms. The number of carboxylic acid groups (broad SMARTS) is 1. The number of carbonyl (C=O) groups is 3. The molecule has 0 radical (unpaired) electrons. The summed E-state index contributed by atoms with van der Waals surface area (Å²) in [6.45, 7) is 4.73. The summed E-state index contributed by atoms with van der Waals surface area (Å²) in [5.74, 6) is -1.46. The predicted octanol–water partition coefficient (Wildman–Crippen LogP) is 12.7. The van der Waals surface area contributed by atoms with Gasteiger partial charge >= 0.3 is 17.9 Å². The quantitative estimate of drug-likeness (QED) is 0.0285. The summed E-state index contributed by atoms with van der Waals surface area (Å²) in [6.07, 6.45) is 41.3. The molecule has 8 nitrogen and oxygen atoms in total. The lowest BCUT2D eigenvalue weighted by Gasteiger charge is -2.31. The lowest BCUT2D eigenvalue weighted by molar-refractivity contribution is -0.887. The second-order valence-electron chi connectivity index (χ2n) is 17.0. The van der Waals surface area contributed by atoms with Crippen molar-refractivity contribution >= 4 is 17.9 Å². The molecular formula is C47H90NO7+. The van der Waals surface area contributed by atoms with Crippen LogP contribution in [0.15, 0.2) is 12.2 Å². The van der Waals surface area contributed by atoms with E-state index in [1.807, 2.05) is 21.1 Å². The van der Waals surface area contributed by atoms with Gasteiger partial charge in [0.05, 0.1) is 34.4 Å². The zero-order valence-electron chi connectivity index (χ0n) is 36.9. The highest BCUT2D eigenvalue weighted by molar-refractivity contribution is 5.72. The molecule has 0 aromatic carbocycles. The number of ether oxygens (including phenoxy) is 3. The van der Waals surface area contributed by atoms with E-state index in [0.29, 0.717) is 19.3 Å². The zero-order valence-corrected chi connectivity index (χ0v) is 36.9. The van der Waals surface area contributed by atoms with Gasteiger partial charge in [0.15, 0.2) is 12.1 Å². The van der Waals surface area contributed by atoms with Crippen molar-refractivity contribution in [1.82, 2.24) is 0 Å². The van der Waals surface area contributed by atoms with Crippen LogP contribution < -0.4 is 0 Å². The average molecular weight is 781 g/mol. The summed E-state index contributed by atoms with van der Waals surface area (Å²) in [4.78, 5) is 36.8. The number of nitrogens with zero attached hydrogens (tertiary/aromatic N) is 1. The molecule has 0 spiro atoms. The number of unbranched alkanes of at least 4 members (excludes halogenated alkanes) is 26. The van der Waals surface area contributed by atoms with E-state index in [1.165, 1.54) is 148 Å². The molecule has 0 aromatic heterocycles. The van der Waals surface area contributed by atoms with Crippen LogP contribution in [0.2, 0.25) is 0 Å². The van der Waals surface area contributed by atoms with Crippen molar-refractivity contribution in [3.63, 3.8) is 0 Å². The van der Waals surface area contributed by atoms with Gasteiger partial charge in [-0.15, -0.1) is 0 Å². The molecule has 0 saturated heterocycles. The van der Waals surface area contributed by atoms with E-state index in [1.54, 1.807) is 0 Å². The Kier molecular flexibility index (Phi) is 37.6. The van der Waals surface area contributed by atoms with Gasteiger partial charge in [0.2, 0.25) is 0 Å². The van der Waals surface area contributed by atoms with Gasteiger partial charge < -0.3 is 23.8 Å². The summed E-state index contributed by atoms with van der Waals surface area (Å²) in [7, 11) is 5.53. The van der Waals surface area contributed by atoms with Gasteiger partial charge in [0.25, 0.3) is 0 Å². The fraction of sp³-hybridized carbons (Fsp3) is 0.894. The van der Waals surface area contributed by atoms with Crippen LogP contribution in [0.3, 0.4) is 0 Å². The van der Waals surface area contributed by atoms with Gasteiger partial charge in [0.1, 0.15) is 6.61 Å². The van der Waals surface area contributed by atoms with Crippen molar-refractivity contribution in [3.05, 3.63) is 12.2 Å². The molecule has 0 bridgehead atoms. The van der Waals surface area contributed by atoms with Crippen LogP contribution in [0.4, 0.5) is 0 Å². The molecule has 0 fully saturated rings. The Morgan fingerprint density at radius 1 is 0.527 bits per heavy atom. The monoisotopic (exact) mass is 781 g/mol. The van der Waals surface area contributed by atoms with Crippen LogP contribution in [-0.4, -0.2) is 80.6 Å². The number of esters is 2. The number of allylic oxidation sites excluding steroid dienone is 2. The van der Waals surface area contributed by atoms with Crippen LogP contribution in [0.25, 0.3) is 0 Å². The Bertz CT molecular complexity index is 915. The Balaban J connectivity index is 4.10. The first-order valence-corrected chi connectivity index (χ1v) is 23.2. The molecule has 0 saturated carbocycles. The second-order valence-corrected chi connectivity index (χ2v) is 17.0. The summed E-state index contributed by atoms with van der Waals surface area (Å²) in [6, 6.07) is -0.610. The molecule has 0 aliphatic heterocycles. The highest BCUT2D eigenvalue weighted by Crippen LogP contribution is 2.15. The summed E-state index contributed by atoms with van der Waals surface area (Å²) >= 11 is 0. The largest absolute Gasteiger partial charge is 0.477 e. The van der Waals surface area contributed by atoms with E-state index in [9.17, 15) is 19.5 Å². The van der Waals surface area contributed by atoms with Gasteiger partial charge in [-0.05, 0) is 38.5 Å². The fourth-order valence-corrected chi connectivity index (χ4v) is 7.03. The molecule has 324 valence electrons. The van der Waals surface area contributed by atoms with E-state index in [4.69, 9.17) is 14.2 Å². The normalized spacial score (nSPS) is 13.0. The molecule has 1 N–H and O–H groups in total. The summed E-state index contributed by atoms with van der Waals surface area (Å²) < 4.78 is 17.2. The van der Waals surface area contributed by atoms with Gasteiger partial charge in [-0.3, -0.25) is 9.59 Å². The zero-order chi connectivity index (χ0) is 40.7. The molecule has 2 atom stereocenters. The Labute approximate surface area is 339 Å². The minimum atomic E-state index is -0.874. The first-order chi connectivity index (χ1) is 26.6. The number of hydrogen-bond acceptors (Lipinski definition) is 6. The molecule has 0 rings (SSSR count). The standard InChI is InChI=1S/C47H89NO7/c1-6-8-10-12-14-16-17-18-19-20-21-22-23-24-25-26-27-28-29-30-32-33-35-37-45(49)54-42-43(41-53-40-39-44(47(51)52)48(3,4)5)55-46(50)38-36-34-31-15-13-11-9-7-2/h24-25,43-44H,6-23,26-42H2,1-5H3/p+1/b25-24+. The van der Waals surface area contributed by atoms with E-state index in [-0.39, 0.29) is 36.2 Å². The lowest BCUT2D eigenvalue weighted by Crippen LogP contribution is -2.50. The predicted molar refractivity (Wildman–Crippen MR) is 229 cm³/mol. The minimum absolute atomic E-state index is 0.0481. The van der Waals surface area contributed by atoms with Gasteiger partial charge in [-0.25, -0.2) is 4.79 Å². The Morgan fingerprint density at radius 3 is 1.31 bits per heavy atom. The van der Waals surface area contributed by atoms with Crippen LogP contribution in [-0.2, 0) is 28.6 Å². The van der Waals surface area contributed by atoms with Crippen molar-refractivity contribution in [2.75, 3.05) is 41.0 Å². The lowest BCUT2D eigenvalue weighted by atomic mass is 10.0. The molecule has 0 aliphatic rings. The van der Waals surface area contributed by atoms with Crippen molar-refractivity contribution in [2.24, 2.45) is 0 Å². The molecule has 0 amide bonds. The first kappa shape index (κ1) is 53.1. The third kappa shape index (κ3) is 37.4. The summed E-state index contributed by atoms with van der Waals surface area (Å²) in [5, 5.41) is 9.60. The summed E-state index contributed by atoms with van der Waals surface area (Å²) in [5.41, 5.74) is 0. The van der Waals surface area contributed by atoms with Crippen LogP contribution in [0.5, 0.6) is 0 Å². The van der Waals surface area contributed by atoms with Crippen molar-refractivity contribution in [2.45, 2.75) is 231 Å². The third-order valence-corrected chi connectivity index (χ3v) is 10.7. The number of hydrogen-bond donors (Lipinski definition) is 1. The second kappa shape index (κ2) is 38.9. The Morgan fingerprint density at radius 2 is 0.909 bits per heavy atom. The van der Waals surface area contributed by atoms with E-state index in [2.05, 4.69) is 26.0 Å². The molecule has 0 aromatic rings. The molecule has 2 unspecified atom stereocenters. The Hall–Kier alpha value is -1.93. The smallest absolute Gasteiger partial charge is 0.362 e. The van der Waals surface area contributed by atoms with Crippen molar-refractivity contribution in [3.8, 4) is 0 Å². The molecular weight excluding hydrogens is 691 g/mol. The van der Waals surface area contributed by atoms with Gasteiger partial charge in [-0.2, -0.15) is 0 Å². The molecule has 0 aliphatic carbocycles.